The molecule has 3 aromatic rings. The number of aromatic nitrogens is 1. The first-order valence-electron chi connectivity index (χ1n) is 11.1. The van der Waals surface area contributed by atoms with E-state index in [-0.39, 0.29) is 17.8 Å². The molecule has 1 atom stereocenters. The zero-order chi connectivity index (χ0) is 23.5. The predicted octanol–water partition coefficient (Wildman–Crippen LogP) is 5.76. The van der Waals surface area contributed by atoms with E-state index < -0.39 is 0 Å². The van der Waals surface area contributed by atoms with Crippen LogP contribution in [-0.2, 0) is 6.42 Å². The minimum Gasteiger partial charge on any atom is -0.493 e. The van der Waals surface area contributed by atoms with Crippen LogP contribution in [0, 0.1) is 18.7 Å². The van der Waals surface area contributed by atoms with Crippen LogP contribution in [0.3, 0.4) is 0 Å². The molecule has 0 spiro atoms. The van der Waals surface area contributed by atoms with E-state index in [4.69, 9.17) is 9.47 Å². The van der Waals surface area contributed by atoms with Gasteiger partial charge in [0.05, 0.1) is 24.1 Å². The summed E-state index contributed by atoms with van der Waals surface area (Å²) in [7, 11) is 3.23. The van der Waals surface area contributed by atoms with E-state index >= 15 is 0 Å². The second-order valence-corrected chi connectivity index (χ2v) is 9.77. The van der Waals surface area contributed by atoms with Gasteiger partial charge >= 0.3 is 0 Å². The topological polar surface area (TPSA) is 51.7 Å². The summed E-state index contributed by atoms with van der Waals surface area (Å²) in [5.41, 5.74) is 2.15. The van der Waals surface area contributed by atoms with Crippen molar-refractivity contribution in [3.63, 3.8) is 0 Å². The van der Waals surface area contributed by atoms with Crippen LogP contribution >= 0.6 is 11.3 Å². The van der Waals surface area contributed by atoms with Gasteiger partial charge in [0.2, 0.25) is 0 Å². The first-order chi connectivity index (χ1) is 15.9. The monoisotopic (exact) mass is 468 g/mol. The molecule has 174 valence electrons. The number of hydrogen-bond acceptors (Lipinski definition) is 5. The lowest BCUT2D eigenvalue weighted by Crippen LogP contribution is -2.41. The molecular weight excluding hydrogens is 439 g/mol. The second kappa shape index (κ2) is 9.91. The fraction of sp³-hybridized carbons (Fsp3) is 0.385. The Balaban J connectivity index is 1.62. The lowest BCUT2D eigenvalue weighted by atomic mass is 10.0. The van der Waals surface area contributed by atoms with Crippen molar-refractivity contribution in [3.05, 3.63) is 64.5 Å². The SMILES string of the molecule is COc1ccc(CC(C)N(CC2CC2)C(=O)c2nc(C)sc2-c2cccc(F)c2)cc1OC. The molecule has 1 aromatic heterocycles. The number of methoxy groups -OCH3 is 2. The van der Waals surface area contributed by atoms with Crippen molar-refractivity contribution in [1.29, 1.82) is 0 Å². The normalized spacial score (nSPS) is 14.1. The van der Waals surface area contributed by atoms with Crippen LogP contribution in [0.5, 0.6) is 11.5 Å². The molecule has 33 heavy (non-hydrogen) atoms. The van der Waals surface area contributed by atoms with Crippen molar-refractivity contribution in [1.82, 2.24) is 9.88 Å². The minimum atomic E-state index is -0.325. The van der Waals surface area contributed by atoms with Crippen LogP contribution in [0.25, 0.3) is 10.4 Å². The Kier molecular flexibility index (Phi) is 6.98. The maximum Gasteiger partial charge on any atom is 0.274 e. The quantitative estimate of drug-likeness (QED) is 0.401. The third-order valence-corrected chi connectivity index (χ3v) is 6.97. The third kappa shape index (κ3) is 5.36. The van der Waals surface area contributed by atoms with Crippen LogP contribution in [0.15, 0.2) is 42.5 Å². The standard InChI is InChI=1S/C26H29FN2O3S/c1-16(12-19-10-11-22(31-3)23(13-19)32-4)29(15-18-8-9-18)26(30)24-25(33-17(2)28-24)20-6-5-7-21(27)14-20/h5-7,10-11,13-14,16,18H,8-9,12,15H2,1-4H3. The molecule has 5 nitrogen and oxygen atoms in total. The molecule has 7 heteroatoms. The average molecular weight is 469 g/mol. The fourth-order valence-electron chi connectivity index (χ4n) is 4.03. The third-order valence-electron chi connectivity index (χ3n) is 5.95. The lowest BCUT2D eigenvalue weighted by molar-refractivity contribution is 0.0677. The number of ether oxygens (including phenoxy) is 2. The number of carbonyl (C=O) groups excluding carboxylic acids is 1. The summed E-state index contributed by atoms with van der Waals surface area (Å²) >= 11 is 1.43. The number of thiazole rings is 1. The summed E-state index contributed by atoms with van der Waals surface area (Å²) in [5.74, 6) is 1.45. The molecular formula is C26H29FN2O3S. The van der Waals surface area contributed by atoms with Crippen molar-refractivity contribution in [2.45, 2.75) is 39.2 Å². The van der Waals surface area contributed by atoms with E-state index in [1.807, 2.05) is 36.1 Å². The van der Waals surface area contributed by atoms with Gasteiger partial charge in [-0.3, -0.25) is 4.79 Å². The van der Waals surface area contributed by atoms with E-state index in [2.05, 4.69) is 11.9 Å². The summed E-state index contributed by atoms with van der Waals surface area (Å²) < 4.78 is 24.7. The molecule has 1 heterocycles. The fourth-order valence-corrected chi connectivity index (χ4v) is 4.94. The van der Waals surface area contributed by atoms with Gasteiger partial charge < -0.3 is 14.4 Å². The van der Waals surface area contributed by atoms with Crippen molar-refractivity contribution in [2.75, 3.05) is 20.8 Å². The summed E-state index contributed by atoms with van der Waals surface area (Å²) in [6, 6.07) is 12.2. The number of aryl methyl sites for hydroxylation is 1. The number of nitrogens with zero attached hydrogens (tertiary/aromatic N) is 2. The smallest absolute Gasteiger partial charge is 0.274 e. The molecule has 0 N–H and O–H groups in total. The Morgan fingerprint density at radius 3 is 2.61 bits per heavy atom. The minimum absolute atomic E-state index is 0.0430. The first kappa shape index (κ1) is 23.2. The molecule has 0 bridgehead atoms. The van der Waals surface area contributed by atoms with Crippen molar-refractivity contribution < 1.29 is 18.7 Å². The molecule has 1 unspecified atom stereocenters. The molecule has 0 radical (unpaired) electrons. The highest BCUT2D eigenvalue weighted by Gasteiger charge is 2.32. The van der Waals surface area contributed by atoms with E-state index in [1.165, 1.54) is 23.5 Å². The van der Waals surface area contributed by atoms with Gasteiger partial charge in [-0.05, 0) is 74.4 Å². The van der Waals surface area contributed by atoms with Crippen LogP contribution in [0.4, 0.5) is 4.39 Å². The van der Waals surface area contributed by atoms with Crippen molar-refractivity contribution >= 4 is 17.2 Å². The number of amides is 1. The lowest BCUT2D eigenvalue weighted by Gasteiger charge is -2.29. The molecule has 4 rings (SSSR count). The summed E-state index contributed by atoms with van der Waals surface area (Å²) in [6.45, 7) is 4.65. The van der Waals surface area contributed by atoms with E-state index in [9.17, 15) is 9.18 Å². The molecule has 1 amide bonds. The zero-order valence-electron chi connectivity index (χ0n) is 19.4. The molecule has 0 aliphatic heterocycles. The maximum atomic E-state index is 13.9. The molecule has 1 aliphatic rings. The van der Waals surface area contributed by atoms with Crippen molar-refractivity contribution in [3.8, 4) is 21.9 Å². The van der Waals surface area contributed by atoms with E-state index in [0.717, 1.165) is 28.3 Å². The Labute approximate surface area is 198 Å². The van der Waals surface area contributed by atoms with E-state index in [0.29, 0.717) is 41.6 Å². The van der Waals surface area contributed by atoms with Gasteiger partial charge in [0.15, 0.2) is 11.5 Å². The number of halogens is 1. The molecule has 1 fully saturated rings. The number of benzene rings is 2. The van der Waals surface area contributed by atoms with Gasteiger partial charge in [0.25, 0.3) is 5.91 Å². The van der Waals surface area contributed by atoms with Gasteiger partial charge in [-0.25, -0.2) is 9.37 Å². The highest BCUT2D eigenvalue weighted by molar-refractivity contribution is 7.15. The van der Waals surface area contributed by atoms with Gasteiger partial charge in [0.1, 0.15) is 11.5 Å². The summed E-state index contributed by atoms with van der Waals surface area (Å²) in [6.07, 6.45) is 2.96. The highest BCUT2D eigenvalue weighted by Crippen LogP contribution is 2.35. The maximum absolute atomic E-state index is 13.9. The van der Waals surface area contributed by atoms with Crippen LogP contribution in [-0.4, -0.2) is 42.6 Å². The number of carbonyl (C=O) groups is 1. The number of hydrogen-bond donors (Lipinski definition) is 0. The Bertz CT molecular complexity index is 1140. The molecule has 1 aliphatic carbocycles. The predicted molar refractivity (Wildman–Crippen MR) is 129 cm³/mol. The first-order valence-corrected chi connectivity index (χ1v) is 12.0. The Morgan fingerprint density at radius 2 is 1.94 bits per heavy atom. The summed E-state index contributed by atoms with van der Waals surface area (Å²) in [4.78, 5) is 21.0. The van der Waals surface area contributed by atoms with Crippen LogP contribution in [0.1, 0.15) is 40.8 Å². The van der Waals surface area contributed by atoms with E-state index in [1.54, 1.807) is 20.3 Å². The van der Waals surface area contributed by atoms with Crippen LogP contribution < -0.4 is 9.47 Å². The molecule has 0 saturated heterocycles. The van der Waals surface area contributed by atoms with Gasteiger partial charge in [-0.15, -0.1) is 11.3 Å². The largest absolute Gasteiger partial charge is 0.493 e. The molecule has 1 saturated carbocycles. The average Bonchev–Trinajstić information content (AvgIpc) is 3.55. The summed E-state index contributed by atoms with van der Waals surface area (Å²) in [5, 5.41) is 0.788. The molecule has 2 aromatic carbocycles. The van der Waals surface area contributed by atoms with Gasteiger partial charge in [-0.2, -0.15) is 0 Å². The van der Waals surface area contributed by atoms with Crippen molar-refractivity contribution in [2.24, 2.45) is 5.92 Å². The Morgan fingerprint density at radius 1 is 1.18 bits per heavy atom. The number of rotatable bonds is 9. The highest BCUT2D eigenvalue weighted by atomic mass is 32.1. The van der Waals surface area contributed by atoms with Gasteiger partial charge in [-0.1, -0.05) is 18.2 Å². The van der Waals surface area contributed by atoms with Gasteiger partial charge in [0, 0.05) is 12.6 Å². The zero-order valence-corrected chi connectivity index (χ0v) is 20.2. The second-order valence-electron chi connectivity index (χ2n) is 8.56. The Hall–Kier alpha value is -2.93. The van der Waals surface area contributed by atoms with Crippen LogP contribution in [0.2, 0.25) is 0 Å².